The molecule has 0 spiro atoms. The highest BCUT2D eigenvalue weighted by Gasteiger charge is 2.19. The van der Waals surface area contributed by atoms with Gasteiger partial charge in [0.2, 0.25) is 0 Å². The summed E-state index contributed by atoms with van der Waals surface area (Å²) >= 11 is 0. The molecule has 0 atom stereocenters. The van der Waals surface area contributed by atoms with Gasteiger partial charge in [-0.3, -0.25) is 0 Å². The number of methoxy groups -OCH3 is 2. The minimum absolute atomic E-state index is 0.400. The van der Waals surface area contributed by atoms with Gasteiger partial charge in [0, 0.05) is 6.07 Å². The van der Waals surface area contributed by atoms with Gasteiger partial charge in [0.05, 0.1) is 14.2 Å². The van der Waals surface area contributed by atoms with Crippen molar-refractivity contribution in [1.29, 1.82) is 0 Å². The smallest absolute Gasteiger partial charge is 0.347 e. The van der Waals surface area contributed by atoms with Crippen LogP contribution in [0.1, 0.15) is 15.9 Å². The van der Waals surface area contributed by atoms with E-state index >= 15 is 0 Å². The zero-order chi connectivity index (χ0) is 14.5. The Morgan fingerprint density at radius 1 is 0.950 bits per heavy atom. The molecule has 2 aromatic carbocycles. The first-order chi connectivity index (χ1) is 9.65. The van der Waals surface area contributed by atoms with E-state index in [4.69, 9.17) is 14.2 Å². The second-order valence-corrected chi connectivity index (χ2v) is 4.22. The van der Waals surface area contributed by atoms with Crippen LogP contribution in [0.4, 0.5) is 0 Å². The summed E-state index contributed by atoms with van der Waals surface area (Å²) in [5, 5.41) is 0. The van der Waals surface area contributed by atoms with E-state index in [-0.39, 0.29) is 0 Å². The van der Waals surface area contributed by atoms with Crippen molar-refractivity contribution in [3.8, 4) is 17.2 Å². The van der Waals surface area contributed by atoms with Gasteiger partial charge in [-0.2, -0.15) is 0 Å². The second kappa shape index (κ2) is 6.10. The number of carbonyl (C=O) groups is 1. The van der Waals surface area contributed by atoms with E-state index < -0.39 is 5.97 Å². The van der Waals surface area contributed by atoms with Crippen molar-refractivity contribution in [1.82, 2.24) is 0 Å². The molecule has 0 aliphatic carbocycles. The third kappa shape index (κ3) is 2.91. The number of benzene rings is 2. The predicted molar refractivity (Wildman–Crippen MR) is 75.7 cm³/mol. The number of hydrogen-bond donors (Lipinski definition) is 0. The van der Waals surface area contributed by atoms with Crippen LogP contribution >= 0.6 is 0 Å². The summed E-state index contributed by atoms with van der Waals surface area (Å²) in [5.41, 5.74) is 1.14. The van der Waals surface area contributed by atoms with E-state index in [1.807, 2.05) is 13.0 Å². The van der Waals surface area contributed by atoms with Gasteiger partial charge in [-0.15, -0.1) is 0 Å². The van der Waals surface area contributed by atoms with Crippen molar-refractivity contribution in [2.24, 2.45) is 0 Å². The topological polar surface area (TPSA) is 44.8 Å². The lowest BCUT2D eigenvalue weighted by molar-refractivity contribution is 0.0730. The van der Waals surface area contributed by atoms with E-state index in [0.29, 0.717) is 22.8 Å². The molecule has 20 heavy (non-hydrogen) atoms. The molecule has 0 unspecified atom stereocenters. The van der Waals surface area contributed by atoms with Crippen LogP contribution in [0, 0.1) is 6.92 Å². The number of rotatable bonds is 4. The summed E-state index contributed by atoms with van der Waals surface area (Å²) in [4.78, 5) is 12.3. The Morgan fingerprint density at radius 2 is 1.65 bits per heavy atom. The molecule has 0 saturated carbocycles. The first kappa shape index (κ1) is 13.9. The average Bonchev–Trinajstić information content (AvgIpc) is 2.47. The van der Waals surface area contributed by atoms with Crippen molar-refractivity contribution >= 4 is 5.97 Å². The molecule has 0 fully saturated rings. The normalized spacial score (nSPS) is 9.95. The van der Waals surface area contributed by atoms with Gasteiger partial charge in [-0.1, -0.05) is 18.2 Å². The summed E-state index contributed by atoms with van der Waals surface area (Å²) in [6.45, 7) is 1.81. The molecule has 0 amide bonds. The molecule has 2 aromatic rings. The highest BCUT2D eigenvalue weighted by atomic mass is 16.5. The summed E-state index contributed by atoms with van der Waals surface area (Å²) < 4.78 is 15.7. The first-order valence-corrected chi connectivity index (χ1v) is 6.15. The van der Waals surface area contributed by atoms with Crippen LogP contribution in [0.5, 0.6) is 17.2 Å². The quantitative estimate of drug-likeness (QED) is 0.633. The standard InChI is InChI=1S/C16H16O4/c1-11-9-13(18-2)10-14(19-3)15(11)16(17)20-12-7-5-4-6-8-12/h4-10H,1-3H3. The van der Waals surface area contributed by atoms with Crippen LogP contribution in [0.2, 0.25) is 0 Å². The van der Waals surface area contributed by atoms with Gasteiger partial charge >= 0.3 is 5.97 Å². The zero-order valence-corrected chi connectivity index (χ0v) is 11.7. The van der Waals surface area contributed by atoms with Crippen LogP contribution in [0.3, 0.4) is 0 Å². The summed E-state index contributed by atoms with van der Waals surface area (Å²) in [5.74, 6) is 1.11. The minimum atomic E-state index is -0.451. The molecule has 4 nitrogen and oxygen atoms in total. The molecular weight excluding hydrogens is 256 g/mol. The molecule has 0 N–H and O–H groups in total. The molecule has 104 valence electrons. The Balaban J connectivity index is 2.34. The number of hydrogen-bond acceptors (Lipinski definition) is 4. The van der Waals surface area contributed by atoms with Crippen LogP contribution in [0.25, 0.3) is 0 Å². The molecule has 0 saturated heterocycles. The number of ether oxygens (including phenoxy) is 3. The van der Waals surface area contributed by atoms with E-state index in [9.17, 15) is 4.79 Å². The van der Waals surface area contributed by atoms with E-state index in [1.165, 1.54) is 7.11 Å². The maximum atomic E-state index is 12.3. The monoisotopic (exact) mass is 272 g/mol. The molecular formula is C16H16O4. The molecule has 0 aliphatic heterocycles. The van der Waals surface area contributed by atoms with E-state index in [1.54, 1.807) is 43.5 Å². The van der Waals surface area contributed by atoms with Crippen LogP contribution in [0.15, 0.2) is 42.5 Å². The molecule has 4 heteroatoms. The average molecular weight is 272 g/mol. The fraction of sp³-hybridized carbons (Fsp3) is 0.188. The van der Waals surface area contributed by atoms with Gasteiger partial charge in [0.15, 0.2) is 0 Å². The van der Waals surface area contributed by atoms with Gasteiger partial charge in [0.25, 0.3) is 0 Å². The maximum Gasteiger partial charge on any atom is 0.347 e. The summed E-state index contributed by atoms with van der Waals surface area (Å²) in [6.07, 6.45) is 0. The van der Waals surface area contributed by atoms with Crippen molar-refractivity contribution in [2.75, 3.05) is 14.2 Å². The van der Waals surface area contributed by atoms with Crippen molar-refractivity contribution in [2.45, 2.75) is 6.92 Å². The Kier molecular flexibility index (Phi) is 4.25. The SMILES string of the molecule is COc1cc(C)c(C(=O)Oc2ccccc2)c(OC)c1. The maximum absolute atomic E-state index is 12.3. The fourth-order valence-electron chi connectivity index (χ4n) is 1.91. The lowest BCUT2D eigenvalue weighted by atomic mass is 10.1. The molecule has 0 aromatic heterocycles. The lowest BCUT2D eigenvalue weighted by Gasteiger charge is -2.13. The predicted octanol–water partition coefficient (Wildman–Crippen LogP) is 3.23. The molecule has 0 heterocycles. The number of carbonyl (C=O) groups excluding carboxylic acids is 1. The van der Waals surface area contributed by atoms with Crippen molar-refractivity contribution < 1.29 is 19.0 Å². The van der Waals surface area contributed by atoms with Gasteiger partial charge in [-0.05, 0) is 30.7 Å². The molecule has 0 bridgehead atoms. The number of aryl methyl sites for hydroxylation is 1. The largest absolute Gasteiger partial charge is 0.497 e. The van der Waals surface area contributed by atoms with Crippen molar-refractivity contribution in [3.05, 3.63) is 53.6 Å². The van der Waals surface area contributed by atoms with Gasteiger partial charge in [-0.25, -0.2) is 4.79 Å². The van der Waals surface area contributed by atoms with Gasteiger partial charge in [0.1, 0.15) is 22.8 Å². The van der Waals surface area contributed by atoms with Crippen LogP contribution in [-0.2, 0) is 0 Å². The van der Waals surface area contributed by atoms with Gasteiger partial charge < -0.3 is 14.2 Å². The van der Waals surface area contributed by atoms with Crippen LogP contribution < -0.4 is 14.2 Å². The van der Waals surface area contributed by atoms with E-state index in [0.717, 1.165) is 5.56 Å². The molecule has 0 radical (unpaired) electrons. The third-order valence-electron chi connectivity index (χ3n) is 2.89. The molecule has 0 aliphatic rings. The minimum Gasteiger partial charge on any atom is -0.497 e. The highest BCUT2D eigenvalue weighted by molar-refractivity contribution is 5.95. The Bertz CT molecular complexity index is 605. The van der Waals surface area contributed by atoms with E-state index in [2.05, 4.69) is 0 Å². The van der Waals surface area contributed by atoms with Crippen molar-refractivity contribution in [3.63, 3.8) is 0 Å². The van der Waals surface area contributed by atoms with Crippen LogP contribution in [-0.4, -0.2) is 20.2 Å². The summed E-state index contributed by atoms with van der Waals surface area (Å²) in [7, 11) is 3.07. The lowest BCUT2D eigenvalue weighted by Crippen LogP contribution is -2.12. The Hall–Kier alpha value is -2.49. The Labute approximate surface area is 117 Å². The third-order valence-corrected chi connectivity index (χ3v) is 2.89. The number of para-hydroxylation sites is 1. The second-order valence-electron chi connectivity index (χ2n) is 4.22. The number of esters is 1. The first-order valence-electron chi connectivity index (χ1n) is 6.15. The fourth-order valence-corrected chi connectivity index (χ4v) is 1.91. The Morgan fingerprint density at radius 3 is 2.25 bits per heavy atom. The molecule has 2 rings (SSSR count). The zero-order valence-electron chi connectivity index (χ0n) is 11.7. The highest BCUT2D eigenvalue weighted by Crippen LogP contribution is 2.29. The summed E-state index contributed by atoms with van der Waals surface area (Å²) in [6, 6.07) is 12.4.